The molecule has 0 saturated carbocycles. The number of aliphatic hydroxyl groups excluding tert-OH is 3. The van der Waals surface area contributed by atoms with E-state index in [9.17, 15) is 15.0 Å². The first-order valence-corrected chi connectivity index (χ1v) is 22.0. The number of carbonyl (C=O) groups excluding carboxylic acids is 1. The van der Waals surface area contributed by atoms with Crippen LogP contribution in [0, 0.1) is 0 Å². The topological polar surface area (TPSA) is 89.8 Å². The van der Waals surface area contributed by atoms with Gasteiger partial charge in [-0.05, 0) is 25.7 Å². The maximum Gasteiger partial charge on any atom is 0.220 e. The van der Waals surface area contributed by atoms with E-state index in [0.717, 1.165) is 32.1 Å². The average molecular weight is 694 g/mol. The minimum atomic E-state index is -0.837. The molecular formula is C44H87NO4. The van der Waals surface area contributed by atoms with Gasteiger partial charge in [0.15, 0.2) is 0 Å². The first-order chi connectivity index (χ1) is 24.2. The summed E-state index contributed by atoms with van der Waals surface area (Å²) in [6.45, 7) is 2.38. The summed E-state index contributed by atoms with van der Waals surface area (Å²) in [4.78, 5) is 12.4. The molecule has 0 rings (SSSR count). The van der Waals surface area contributed by atoms with Gasteiger partial charge >= 0.3 is 0 Å². The minimum Gasteiger partial charge on any atom is -0.396 e. The second-order valence-electron chi connectivity index (χ2n) is 15.2. The van der Waals surface area contributed by atoms with Crippen molar-refractivity contribution in [3.63, 3.8) is 0 Å². The van der Waals surface area contributed by atoms with Crippen molar-refractivity contribution in [2.75, 3.05) is 13.2 Å². The van der Waals surface area contributed by atoms with Gasteiger partial charge < -0.3 is 20.6 Å². The SMILES string of the molecule is CCCCCCCCCCCCC/C=C/[C@@H](O)[C@H](CO)NC(=O)CCCCCCCCCCCCCCCCCCCCCCCCCO. The van der Waals surface area contributed by atoms with Gasteiger partial charge in [0, 0.05) is 13.0 Å². The third-order valence-electron chi connectivity index (χ3n) is 10.3. The van der Waals surface area contributed by atoms with E-state index in [1.807, 2.05) is 6.08 Å². The van der Waals surface area contributed by atoms with Crippen molar-refractivity contribution in [3.8, 4) is 0 Å². The zero-order chi connectivity index (χ0) is 35.7. The number of unbranched alkanes of at least 4 members (excludes halogenated alkanes) is 33. The molecule has 0 spiro atoms. The van der Waals surface area contributed by atoms with Gasteiger partial charge in [-0.15, -0.1) is 0 Å². The highest BCUT2D eigenvalue weighted by molar-refractivity contribution is 5.76. The number of hydrogen-bond donors (Lipinski definition) is 4. The standard InChI is InChI=1S/C44H87NO4/c1-2-3-4-5-6-7-8-20-23-26-29-32-35-38-43(48)42(41-47)45-44(49)39-36-33-30-27-24-21-18-16-14-12-10-9-11-13-15-17-19-22-25-28-31-34-37-40-46/h35,38,42-43,46-48H,2-34,36-37,39-41H2,1H3,(H,45,49)/b38-35+/t42-,43+/m0/s1. The first kappa shape index (κ1) is 48.1. The van der Waals surface area contributed by atoms with Crippen LogP contribution in [-0.2, 0) is 4.79 Å². The first-order valence-electron chi connectivity index (χ1n) is 22.0. The van der Waals surface area contributed by atoms with Crippen molar-refractivity contribution in [1.29, 1.82) is 0 Å². The van der Waals surface area contributed by atoms with E-state index in [2.05, 4.69) is 12.2 Å². The van der Waals surface area contributed by atoms with E-state index in [1.54, 1.807) is 6.08 Å². The van der Waals surface area contributed by atoms with Crippen LogP contribution >= 0.6 is 0 Å². The summed E-state index contributed by atoms with van der Waals surface area (Å²) in [5.41, 5.74) is 0. The molecule has 292 valence electrons. The highest BCUT2D eigenvalue weighted by atomic mass is 16.3. The lowest BCUT2D eigenvalue weighted by molar-refractivity contribution is -0.123. The fraction of sp³-hybridized carbons (Fsp3) is 0.932. The molecule has 0 fully saturated rings. The van der Waals surface area contributed by atoms with Crippen molar-refractivity contribution >= 4 is 5.91 Å². The summed E-state index contributed by atoms with van der Waals surface area (Å²) in [6.07, 6.45) is 49.0. The van der Waals surface area contributed by atoms with Gasteiger partial charge in [-0.3, -0.25) is 4.79 Å². The van der Waals surface area contributed by atoms with Crippen LogP contribution in [0.2, 0.25) is 0 Å². The van der Waals surface area contributed by atoms with Gasteiger partial charge in [-0.25, -0.2) is 0 Å². The molecule has 49 heavy (non-hydrogen) atoms. The summed E-state index contributed by atoms with van der Waals surface area (Å²) in [5.74, 6) is -0.0651. The summed E-state index contributed by atoms with van der Waals surface area (Å²) in [6, 6.07) is -0.620. The van der Waals surface area contributed by atoms with Crippen molar-refractivity contribution in [2.24, 2.45) is 0 Å². The highest BCUT2D eigenvalue weighted by Gasteiger charge is 2.17. The Morgan fingerprint density at radius 1 is 0.490 bits per heavy atom. The van der Waals surface area contributed by atoms with Gasteiger partial charge in [0.2, 0.25) is 5.91 Å². The Morgan fingerprint density at radius 3 is 1.16 bits per heavy atom. The molecule has 0 aliphatic rings. The van der Waals surface area contributed by atoms with Gasteiger partial charge in [0.1, 0.15) is 0 Å². The van der Waals surface area contributed by atoms with E-state index >= 15 is 0 Å². The third-order valence-corrected chi connectivity index (χ3v) is 10.3. The summed E-state index contributed by atoms with van der Waals surface area (Å²) in [7, 11) is 0. The van der Waals surface area contributed by atoms with E-state index in [4.69, 9.17) is 5.11 Å². The summed E-state index contributed by atoms with van der Waals surface area (Å²) < 4.78 is 0. The van der Waals surface area contributed by atoms with Crippen LogP contribution < -0.4 is 5.32 Å². The van der Waals surface area contributed by atoms with Crippen LogP contribution in [0.25, 0.3) is 0 Å². The number of amides is 1. The second kappa shape index (κ2) is 41.5. The molecule has 0 aromatic carbocycles. The van der Waals surface area contributed by atoms with Crippen LogP contribution in [-0.4, -0.2) is 46.6 Å². The predicted octanol–water partition coefficient (Wildman–Crippen LogP) is 12.4. The lowest BCUT2D eigenvalue weighted by Crippen LogP contribution is -2.45. The molecule has 5 heteroatoms. The van der Waals surface area contributed by atoms with E-state index in [-0.39, 0.29) is 12.5 Å². The molecule has 0 bridgehead atoms. The fourth-order valence-electron chi connectivity index (χ4n) is 6.92. The molecule has 1 amide bonds. The maximum atomic E-state index is 12.4. The molecule has 0 aromatic heterocycles. The summed E-state index contributed by atoms with van der Waals surface area (Å²) >= 11 is 0. The van der Waals surface area contributed by atoms with Crippen molar-refractivity contribution in [1.82, 2.24) is 5.32 Å². The minimum absolute atomic E-state index is 0.0651. The Balaban J connectivity index is 3.47. The van der Waals surface area contributed by atoms with E-state index in [1.165, 1.54) is 193 Å². The monoisotopic (exact) mass is 694 g/mol. The predicted molar refractivity (Wildman–Crippen MR) is 213 cm³/mol. The molecule has 5 nitrogen and oxygen atoms in total. The molecule has 0 aliphatic heterocycles. The second-order valence-corrected chi connectivity index (χ2v) is 15.2. The quantitative estimate of drug-likeness (QED) is 0.0379. The number of carbonyl (C=O) groups is 1. The molecule has 0 aliphatic carbocycles. The van der Waals surface area contributed by atoms with Crippen LogP contribution in [0.5, 0.6) is 0 Å². The Bertz CT molecular complexity index is 669. The zero-order valence-electron chi connectivity index (χ0n) is 32.9. The third kappa shape index (κ3) is 38.2. The molecule has 0 heterocycles. The Morgan fingerprint density at radius 2 is 0.816 bits per heavy atom. The van der Waals surface area contributed by atoms with Crippen LogP contribution in [0.1, 0.15) is 238 Å². The van der Waals surface area contributed by atoms with Crippen molar-refractivity contribution < 1.29 is 20.1 Å². The lowest BCUT2D eigenvalue weighted by Gasteiger charge is -2.20. The van der Waals surface area contributed by atoms with Crippen LogP contribution in [0.15, 0.2) is 12.2 Å². The number of rotatable bonds is 41. The fourth-order valence-corrected chi connectivity index (χ4v) is 6.92. The van der Waals surface area contributed by atoms with Crippen molar-refractivity contribution in [3.05, 3.63) is 12.2 Å². The van der Waals surface area contributed by atoms with Gasteiger partial charge in [0.05, 0.1) is 18.8 Å². The normalized spacial score (nSPS) is 13.0. The number of aliphatic hydroxyl groups is 3. The molecule has 2 atom stereocenters. The molecule has 0 unspecified atom stereocenters. The molecule has 0 radical (unpaired) electrons. The zero-order valence-corrected chi connectivity index (χ0v) is 32.9. The number of allylic oxidation sites excluding steroid dienone is 1. The lowest BCUT2D eigenvalue weighted by atomic mass is 10.0. The van der Waals surface area contributed by atoms with Crippen LogP contribution in [0.3, 0.4) is 0 Å². The van der Waals surface area contributed by atoms with E-state index < -0.39 is 12.1 Å². The molecule has 0 aromatic rings. The van der Waals surface area contributed by atoms with E-state index in [0.29, 0.717) is 13.0 Å². The maximum absolute atomic E-state index is 12.4. The average Bonchev–Trinajstić information content (AvgIpc) is 3.10. The highest BCUT2D eigenvalue weighted by Crippen LogP contribution is 2.16. The molecule has 4 N–H and O–H groups in total. The molecular weight excluding hydrogens is 606 g/mol. The number of nitrogens with one attached hydrogen (secondary N) is 1. The number of hydrogen-bond acceptors (Lipinski definition) is 4. The smallest absolute Gasteiger partial charge is 0.220 e. The molecule has 0 saturated heterocycles. The van der Waals surface area contributed by atoms with Gasteiger partial charge in [-0.1, -0.05) is 218 Å². The largest absolute Gasteiger partial charge is 0.396 e. The van der Waals surface area contributed by atoms with Gasteiger partial charge in [-0.2, -0.15) is 0 Å². The summed E-state index contributed by atoms with van der Waals surface area (Å²) in [5, 5.41) is 31.8. The Kier molecular flexibility index (Phi) is 40.7. The van der Waals surface area contributed by atoms with Crippen LogP contribution in [0.4, 0.5) is 0 Å². The van der Waals surface area contributed by atoms with Gasteiger partial charge in [0.25, 0.3) is 0 Å². The Labute approximate surface area is 306 Å². The van der Waals surface area contributed by atoms with Crippen molar-refractivity contribution in [2.45, 2.75) is 250 Å². The Hall–Kier alpha value is -0.910.